The number of benzene rings is 2. The van der Waals surface area contributed by atoms with Gasteiger partial charge in [0, 0.05) is 31.4 Å². The van der Waals surface area contributed by atoms with E-state index in [0.29, 0.717) is 11.1 Å². The number of carbonyl (C=O) groups excluding carboxylic acids is 2. The molecule has 0 spiro atoms. The number of aryl methyl sites for hydroxylation is 1. The van der Waals surface area contributed by atoms with Gasteiger partial charge in [0.2, 0.25) is 0 Å². The smallest absolute Gasteiger partial charge is 0.295 e. The predicted octanol–water partition coefficient (Wildman–Crippen LogP) is 3.11. The lowest BCUT2D eigenvalue weighted by Crippen LogP contribution is -2.32. The van der Waals surface area contributed by atoms with E-state index in [2.05, 4.69) is 0 Å². The van der Waals surface area contributed by atoms with Gasteiger partial charge in [0.25, 0.3) is 17.4 Å². The summed E-state index contributed by atoms with van der Waals surface area (Å²) in [5.41, 5.74) is 0.431. The van der Waals surface area contributed by atoms with Crippen molar-refractivity contribution in [2.24, 2.45) is 0 Å². The summed E-state index contributed by atoms with van der Waals surface area (Å²) in [5.74, 6) is -2.85. The molecule has 2 aromatic rings. The normalized spacial score (nSPS) is 18.1. The van der Waals surface area contributed by atoms with Crippen LogP contribution < -0.4 is 0 Å². The molecule has 0 radical (unpaired) electrons. The van der Waals surface area contributed by atoms with E-state index in [-0.39, 0.29) is 30.0 Å². The average Bonchev–Trinajstić information content (AvgIpc) is 2.98. The van der Waals surface area contributed by atoms with Crippen LogP contribution in [0.1, 0.15) is 22.7 Å². The molecule has 8 nitrogen and oxygen atoms in total. The molecule has 0 unspecified atom stereocenters. The van der Waals surface area contributed by atoms with E-state index in [1.54, 1.807) is 6.92 Å². The zero-order valence-electron chi connectivity index (χ0n) is 16.3. The Kier molecular flexibility index (Phi) is 5.93. The van der Waals surface area contributed by atoms with Gasteiger partial charge in [-0.25, -0.2) is 4.39 Å². The second-order valence-electron chi connectivity index (χ2n) is 6.80. The monoisotopic (exact) mass is 414 g/mol. The molecule has 1 saturated heterocycles. The largest absolute Gasteiger partial charge is 0.507 e. The molecular formula is C21H19FN2O6. The Morgan fingerprint density at radius 1 is 1.23 bits per heavy atom. The first-order chi connectivity index (χ1) is 14.3. The Morgan fingerprint density at radius 3 is 2.47 bits per heavy atom. The first-order valence-corrected chi connectivity index (χ1v) is 9.04. The topological polar surface area (TPSA) is 110 Å². The number of aliphatic hydroxyl groups is 1. The minimum absolute atomic E-state index is 0.0507. The molecule has 30 heavy (non-hydrogen) atoms. The van der Waals surface area contributed by atoms with Crippen molar-refractivity contribution in [3.63, 3.8) is 0 Å². The molecule has 1 heterocycles. The minimum atomic E-state index is -0.995. The summed E-state index contributed by atoms with van der Waals surface area (Å²) in [7, 11) is 1.44. The number of nitro groups is 1. The Morgan fingerprint density at radius 2 is 1.90 bits per heavy atom. The summed E-state index contributed by atoms with van der Waals surface area (Å²) in [4.78, 5) is 37.0. The molecular weight excluding hydrogens is 395 g/mol. The number of hydrogen-bond acceptors (Lipinski definition) is 6. The molecule has 1 fully saturated rings. The van der Waals surface area contributed by atoms with Crippen LogP contribution in [0.3, 0.4) is 0 Å². The van der Waals surface area contributed by atoms with E-state index in [0.717, 1.165) is 6.07 Å². The summed E-state index contributed by atoms with van der Waals surface area (Å²) in [5, 5.41) is 21.8. The van der Waals surface area contributed by atoms with Crippen LogP contribution in [0, 0.1) is 22.9 Å². The molecule has 0 saturated carbocycles. The van der Waals surface area contributed by atoms with E-state index in [9.17, 15) is 29.2 Å². The zero-order valence-corrected chi connectivity index (χ0v) is 16.3. The number of ketones is 1. The number of rotatable bonds is 6. The van der Waals surface area contributed by atoms with Gasteiger partial charge in [-0.05, 0) is 36.2 Å². The number of ether oxygens (including phenoxy) is 1. The third kappa shape index (κ3) is 3.79. The fraction of sp³-hybridized carbons (Fsp3) is 0.238. The van der Waals surface area contributed by atoms with Crippen molar-refractivity contribution < 1.29 is 28.7 Å². The van der Waals surface area contributed by atoms with Crippen LogP contribution in [0.2, 0.25) is 0 Å². The van der Waals surface area contributed by atoms with Gasteiger partial charge in [0.1, 0.15) is 11.6 Å². The van der Waals surface area contributed by atoms with Gasteiger partial charge in [-0.2, -0.15) is 0 Å². The molecule has 1 N–H and O–H groups in total. The maximum atomic E-state index is 14.0. The van der Waals surface area contributed by atoms with Crippen molar-refractivity contribution >= 4 is 23.1 Å². The van der Waals surface area contributed by atoms with E-state index in [1.807, 2.05) is 0 Å². The average molecular weight is 414 g/mol. The van der Waals surface area contributed by atoms with Gasteiger partial charge in [-0.3, -0.25) is 19.7 Å². The molecule has 156 valence electrons. The number of likely N-dealkylation sites (tertiary alicyclic amines) is 1. The van der Waals surface area contributed by atoms with Crippen LogP contribution in [0.5, 0.6) is 0 Å². The Hall–Kier alpha value is -3.59. The fourth-order valence-electron chi connectivity index (χ4n) is 3.32. The maximum absolute atomic E-state index is 14.0. The lowest BCUT2D eigenvalue weighted by Gasteiger charge is -2.25. The zero-order chi connectivity index (χ0) is 22.0. The minimum Gasteiger partial charge on any atom is -0.507 e. The second kappa shape index (κ2) is 8.42. The first-order valence-electron chi connectivity index (χ1n) is 9.04. The molecule has 1 atom stereocenters. The molecule has 2 aromatic carbocycles. The lowest BCUT2D eigenvalue weighted by molar-refractivity contribution is -0.384. The van der Waals surface area contributed by atoms with E-state index in [1.165, 1.54) is 48.4 Å². The first kappa shape index (κ1) is 21.1. The summed E-state index contributed by atoms with van der Waals surface area (Å²) in [6.45, 7) is 1.75. The number of amides is 1. The molecule has 0 aliphatic carbocycles. The number of nitro benzene ring substituents is 1. The summed E-state index contributed by atoms with van der Waals surface area (Å²) < 4.78 is 19.0. The van der Waals surface area contributed by atoms with Crippen LogP contribution in [-0.4, -0.2) is 46.9 Å². The van der Waals surface area contributed by atoms with Crippen LogP contribution in [0.25, 0.3) is 5.76 Å². The molecule has 0 bridgehead atoms. The summed E-state index contributed by atoms with van der Waals surface area (Å²) in [6, 6.07) is 8.31. The van der Waals surface area contributed by atoms with E-state index >= 15 is 0 Å². The molecule has 1 aliphatic heterocycles. The Bertz CT molecular complexity index is 1050. The van der Waals surface area contributed by atoms with Crippen molar-refractivity contribution in [2.45, 2.75) is 13.0 Å². The quantitative estimate of drug-likeness (QED) is 0.256. The summed E-state index contributed by atoms with van der Waals surface area (Å²) >= 11 is 0. The SMILES string of the molecule is COCCN1C(=O)C(=O)C(=C(O)c2ccc(C)c(F)c2)[C@H]1c1ccc([N+](=O)[O-])cc1. The highest BCUT2D eigenvalue weighted by molar-refractivity contribution is 6.46. The number of nitrogens with zero attached hydrogens (tertiary/aromatic N) is 2. The van der Waals surface area contributed by atoms with Gasteiger partial charge in [-0.1, -0.05) is 12.1 Å². The maximum Gasteiger partial charge on any atom is 0.295 e. The number of carbonyl (C=O) groups is 2. The number of aliphatic hydroxyl groups excluding tert-OH is 1. The van der Waals surface area contributed by atoms with Crippen molar-refractivity contribution in [1.29, 1.82) is 0 Å². The Balaban J connectivity index is 2.16. The number of methoxy groups -OCH3 is 1. The number of Topliss-reactive ketones (excluding diaryl/α,β-unsaturated/α-hetero) is 1. The molecule has 1 amide bonds. The number of halogens is 1. The van der Waals surface area contributed by atoms with Gasteiger partial charge < -0.3 is 14.7 Å². The van der Waals surface area contributed by atoms with E-state index < -0.39 is 34.2 Å². The van der Waals surface area contributed by atoms with Gasteiger partial charge in [-0.15, -0.1) is 0 Å². The van der Waals surface area contributed by atoms with Crippen LogP contribution >= 0.6 is 0 Å². The van der Waals surface area contributed by atoms with Crippen LogP contribution in [-0.2, 0) is 14.3 Å². The van der Waals surface area contributed by atoms with Gasteiger partial charge in [0.05, 0.1) is 23.1 Å². The van der Waals surface area contributed by atoms with Crippen LogP contribution in [0.15, 0.2) is 48.0 Å². The van der Waals surface area contributed by atoms with E-state index in [4.69, 9.17) is 4.74 Å². The van der Waals surface area contributed by atoms with Gasteiger partial charge in [0.15, 0.2) is 0 Å². The van der Waals surface area contributed by atoms with Crippen molar-refractivity contribution in [3.8, 4) is 0 Å². The highest BCUT2D eigenvalue weighted by Gasteiger charge is 2.46. The third-order valence-corrected chi connectivity index (χ3v) is 4.94. The molecule has 3 rings (SSSR count). The number of non-ortho nitro benzene ring substituents is 1. The van der Waals surface area contributed by atoms with Crippen molar-refractivity contribution in [3.05, 3.63) is 80.7 Å². The highest BCUT2D eigenvalue weighted by atomic mass is 19.1. The highest BCUT2D eigenvalue weighted by Crippen LogP contribution is 2.39. The molecule has 0 aromatic heterocycles. The van der Waals surface area contributed by atoms with Crippen LogP contribution in [0.4, 0.5) is 10.1 Å². The fourth-order valence-corrected chi connectivity index (χ4v) is 3.32. The summed E-state index contributed by atoms with van der Waals surface area (Å²) in [6.07, 6.45) is 0. The number of hydrogen-bond donors (Lipinski definition) is 1. The van der Waals surface area contributed by atoms with Crippen molar-refractivity contribution in [1.82, 2.24) is 4.90 Å². The van der Waals surface area contributed by atoms with Gasteiger partial charge >= 0.3 is 0 Å². The predicted molar refractivity (Wildman–Crippen MR) is 105 cm³/mol. The third-order valence-electron chi connectivity index (χ3n) is 4.94. The molecule has 1 aliphatic rings. The second-order valence-corrected chi connectivity index (χ2v) is 6.80. The van der Waals surface area contributed by atoms with Crippen molar-refractivity contribution in [2.75, 3.05) is 20.3 Å². The standard InChI is InChI=1S/C21H19FN2O6/c1-12-3-4-14(11-16(12)22)19(25)17-18(13-5-7-15(8-6-13)24(28)29)23(9-10-30-2)21(27)20(17)26/h3-8,11,18,25H,9-10H2,1-2H3/t18-/m1/s1. The Labute approximate surface area is 171 Å². The molecule has 9 heteroatoms. The lowest BCUT2D eigenvalue weighted by atomic mass is 9.95.